The maximum absolute atomic E-state index is 4.41. The monoisotopic (exact) mass is 511 g/mol. The molecule has 38 heavy (non-hydrogen) atoms. The molecule has 1 aromatic carbocycles. The van der Waals surface area contributed by atoms with Gasteiger partial charge in [-0.25, -0.2) is 0 Å². The molecule has 0 aliphatic heterocycles. The lowest BCUT2D eigenvalue weighted by Crippen LogP contribution is -2.11. The highest BCUT2D eigenvalue weighted by atomic mass is 14.3. The fourth-order valence-electron chi connectivity index (χ4n) is 6.22. The van der Waals surface area contributed by atoms with Gasteiger partial charge in [-0.3, -0.25) is 0 Å². The second-order valence-corrected chi connectivity index (χ2v) is 13.2. The molecule has 0 heteroatoms. The van der Waals surface area contributed by atoms with Gasteiger partial charge in [0.15, 0.2) is 0 Å². The van der Waals surface area contributed by atoms with E-state index in [0.29, 0.717) is 11.8 Å². The smallest absolute Gasteiger partial charge is 0.0155 e. The summed E-state index contributed by atoms with van der Waals surface area (Å²) in [6, 6.07) is 8.87. The molecule has 1 saturated carbocycles. The first kappa shape index (κ1) is 30.5. The second-order valence-electron chi connectivity index (χ2n) is 13.2. The van der Waals surface area contributed by atoms with Crippen molar-refractivity contribution < 1.29 is 0 Å². The minimum absolute atomic E-state index is 0.0565. The molecule has 0 heterocycles. The predicted molar refractivity (Wildman–Crippen MR) is 169 cm³/mol. The third-order valence-corrected chi connectivity index (χ3v) is 9.10. The fourth-order valence-corrected chi connectivity index (χ4v) is 6.22. The van der Waals surface area contributed by atoms with Gasteiger partial charge in [0.2, 0.25) is 0 Å². The molecule has 0 radical (unpaired) electrons. The first-order valence-electron chi connectivity index (χ1n) is 15.4. The highest BCUT2D eigenvalue weighted by Gasteiger charge is 2.21. The van der Waals surface area contributed by atoms with Crippen LogP contribution in [0.2, 0.25) is 0 Å². The summed E-state index contributed by atoms with van der Waals surface area (Å²) < 4.78 is 0. The summed E-state index contributed by atoms with van der Waals surface area (Å²) in [5, 5.41) is 0. The van der Waals surface area contributed by atoms with Crippen LogP contribution in [0.4, 0.5) is 0 Å². The summed E-state index contributed by atoms with van der Waals surface area (Å²) >= 11 is 0. The SMILES string of the molecule is C=CC(C)CCCC1CCCC(CC2=CCC(CC(=C)C(=C)CCc3cccc(C([CH2-])(C)C)c3)C=C2)CC1. The molecule has 0 aromatic heterocycles. The Kier molecular flexibility index (Phi) is 11.9. The molecule has 0 N–H and O–H groups in total. The van der Waals surface area contributed by atoms with Gasteiger partial charge in [-0.05, 0) is 74.2 Å². The second kappa shape index (κ2) is 14.9. The van der Waals surface area contributed by atoms with Crippen LogP contribution in [-0.4, -0.2) is 0 Å². The molecular formula is C38H55-. The van der Waals surface area contributed by atoms with E-state index < -0.39 is 0 Å². The van der Waals surface area contributed by atoms with Gasteiger partial charge in [0.25, 0.3) is 0 Å². The van der Waals surface area contributed by atoms with Crippen LogP contribution in [0.3, 0.4) is 0 Å². The molecule has 4 unspecified atom stereocenters. The lowest BCUT2D eigenvalue weighted by molar-refractivity contribution is 0.388. The fraction of sp³-hybridized carbons (Fsp3) is 0.553. The van der Waals surface area contributed by atoms with Crippen molar-refractivity contribution in [3.63, 3.8) is 0 Å². The van der Waals surface area contributed by atoms with Crippen LogP contribution < -0.4 is 0 Å². The van der Waals surface area contributed by atoms with E-state index in [2.05, 4.69) is 96.0 Å². The van der Waals surface area contributed by atoms with Crippen LogP contribution in [-0.2, 0) is 11.8 Å². The zero-order valence-corrected chi connectivity index (χ0v) is 24.9. The molecule has 0 amide bonds. The summed E-state index contributed by atoms with van der Waals surface area (Å²) in [6.45, 7) is 23.7. The number of rotatable bonds is 14. The highest BCUT2D eigenvalue weighted by Crippen LogP contribution is 2.35. The quantitative estimate of drug-likeness (QED) is 0.101. The average molecular weight is 512 g/mol. The van der Waals surface area contributed by atoms with Gasteiger partial charge in [-0.1, -0.05) is 143 Å². The molecule has 3 rings (SSSR count). The van der Waals surface area contributed by atoms with Gasteiger partial charge in [0, 0.05) is 0 Å². The molecule has 0 bridgehead atoms. The van der Waals surface area contributed by atoms with Crippen molar-refractivity contribution in [1.29, 1.82) is 0 Å². The number of hydrogen-bond donors (Lipinski definition) is 0. The summed E-state index contributed by atoms with van der Waals surface area (Å²) in [7, 11) is 0. The Bertz CT molecular complexity index is 978. The summed E-state index contributed by atoms with van der Waals surface area (Å²) in [4.78, 5) is 0. The van der Waals surface area contributed by atoms with Gasteiger partial charge < -0.3 is 6.92 Å². The van der Waals surface area contributed by atoms with Gasteiger partial charge >= 0.3 is 0 Å². The van der Waals surface area contributed by atoms with E-state index in [4.69, 9.17) is 0 Å². The van der Waals surface area contributed by atoms with Crippen LogP contribution in [0.1, 0.15) is 109 Å². The molecule has 0 spiro atoms. The van der Waals surface area contributed by atoms with Crippen LogP contribution in [0.15, 0.2) is 85.0 Å². The van der Waals surface area contributed by atoms with Crippen molar-refractivity contribution in [2.45, 2.75) is 110 Å². The summed E-state index contributed by atoms with van der Waals surface area (Å²) in [6.07, 6.45) is 26.2. The molecule has 0 nitrogen and oxygen atoms in total. The van der Waals surface area contributed by atoms with Crippen molar-refractivity contribution in [1.82, 2.24) is 0 Å². The maximum atomic E-state index is 4.41. The van der Waals surface area contributed by atoms with Gasteiger partial charge in [0.05, 0.1) is 0 Å². The molecule has 1 aromatic rings. The van der Waals surface area contributed by atoms with Gasteiger partial charge in [-0.15, -0.1) is 12.0 Å². The first-order chi connectivity index (χ1) is 18.1. The lowest BCUT2D eigenvalue weighted by Gasteiger charge is -2.27. The van der Waals surface area contributed by atoms with E-state index in [1.54, 1.807) is 5.57 Å². The molecular weight excluding hydrogens is 456 g/mol. The van der Waals surface area contributed by atoms with E-state index in [-0.39, 0.29) is 5.41 Å². The number of aryl methyl sites for hydroxylation is 1. The van der Waals surface area contributed by atoms with Gasteiger partial charge in [0.1, 0.15) is 0 Å². The number of benzene rings is 1. The zero-order chi connectivity index (χ0) is 27.5. The molecule has 208 valence electrons. The molecule has 1 fully saturated rings. The molecule has 4 atom stereocenters. The standard InChI is InChI=1S/C38H55/c1-8-29(2)12-9-13-32-14-10-15-33(21-20-32)27-36-24-22-35(23-25-36)26-31(4)30(3)18-19-34-16-11-17-37(28-34)38(5,6)7/h8,11,16-17,22,24-25,28-29,32-33,35H,1,3-5,9-10,12-15,18-21,23,26-27H2,2,6-7H3/q-1. The predicted octanol–water partition coefficient (Wildman–Crippen LogP) is 11.3. The number of hydrogen-bond acceptors (Lipinski definition) is 0. The van der Waals surface area contributed by atoms with Crippen molar-refractivity contribution in [2.24, 2.45) is 23.7 Å². The summed E-state index contributed by atoms with van der Waals surface area (Å²) in [5.74, 6) is 3.07. The maximum Gasteiger partial charge on any atom is -0.0155 e. The van der Waals surface area contributed by atoms with E-state index in [0.717, 1.165) is 37.5 Å². The van der Waals surface area contributed by atoms with Crippen molar-refractivity contribution in [3.05, 3.63) is 103 Å². The van der Waals surface area contributed by atoms with Crippen LogP contribution in [0.25, 0.3) is 0 Å². The Morgan fingerprint density at radius 1 is 1.11 bits per heavy atom. The first-order valence-corrected chi connectivity index (χ1v) is 15.4. The van der Waals surface area contributed by atoms with E-state index in [1.807, 2.05) is 0 Å². The highest BCUT2D eigenvalue weighted by molar-refractivity contribution is 5.33. The van der Waals surface area contributed by atoms with Crippen LogP contribution >= 0.6 is 0 Å². The molecule has 2 aliphatic rings. The largest absolute Gasteiger partial charge is 0.333 e. The van der Waals surface area contributed by atoms with Crippen LogP contribution in [0, 0.1) is 30.6 Å². The normalized spacial score (nSPS) is 22.8. The Morgan fingerprint density at radius 2 is 1.87 bits per heavy atom. The molecule has 2 aliphatic carbocycles. The Labute approximate surface area is 236 Å². The topological polar surface area (TPSA) is 0 Å². The third kappa shape index (κ3) is 10.2. The van der Waals surface area contributed by atoms with Gasteiger partial charge in [-0.2, -0.15) is 0 Å². The van der Waals surface area contributed by atoms with Crippen molar-refractivity contribution >= 4 is 0 Å². The zero-order valence-electron chi connectivity index (χ0n) is 24.9. The average Bonchev–Trinajstić information content (AvgIpc) is 3.12. The summed E-state index contributed by atoms with van der Waals surface area (Å²) in [5.41, 5.74) is 6.61. The minimum atomic E-state index is -0.0565. The van der Waals surface area contributed by atoms with E-state index in [9.17, 15) is 0 Å². The Morgan fingerprint density at radius 3 is 2.58 bits per heavy atom. The number of allylic oxidation sites excluding steroid dienone is 7. The van der Waals surface area contributed by atoms with Crippen LogP contribution in [0.5, 0.6) is 0 Å². The minimum Gasteiger partial charge on any atom is -0.333 e. The van der Waals surface area contributed by atoms with E-state index >= 15 is 0 Å². The Hall–Kier alpha value is -2.08. The third-order valence-electron chi connectivity index (χ3n) is 9.10. The van der Waals surface area contributed by atoms with E-state index in [1.165, 1.54) is 80.1 Å². The van der Waals surface area contributed by atoms with Crippen molar-refractivity contribution in [3.8, 4) is 0 Å². The lowest BCUT2D eigenvalue weighted by atomic mass is 9.84. The Balaban J connectivity index is 1.37. The van der Waals surface area contributed by atoms with Crippen molar-refractivity contribution in [2.75, 3.05) is 0 Å². The molecule has 0 saturated heterocycles.